The Bertz CT molecular complexity index is 548. The second-order valence-electron chi connectivity index (χ2n) is 3.61. The summed E-state index contributed by atoms with van der Waals surface area (Å²) in [5.74, 6) is 0.137. The number of hydrogen-bond donors (Lipinski definition) is 1. The van der Waals surface area contributed by atoms with E-state index in [1.54, 1.807) is 19.2 Å². The van der Waals surface area contributed by atoms with E-state index in [4.69, 9.17) is 17.3 Å². The highest BCUT2D eigenvalue weighted by molar-refractivity contribution is 6.30. The Labute approximate surface area is 97.6 Å². The van der Waals surface area contributed by atoms with Crippen molar-refractivity contribution < 1.29 is 4.39 Å². The molecule has 0 aliphatic heterocycles. The molecule has 0 radical (unpaired) electrons. The molecule has 0 spiro atoms. The molecule has 0 saturated heterocycles. The second-order valence-corrected chi connectivity index (χ2v) is 4.04. The number of halogens is 2. The van der Waals surface area contributed by atoms with Crippen LogP contribution >= 0.6 is 11.6 Å². The van der Waals surface area contributed by atoms with Crippen LogP contribution in [0.4, 0.5) is 10.2 Å². The van der Waals surface area contributed by atoms with Gasteiger partial charge < -0.3 is 5.73 Å². The molecule has 16 heavy (non-hydrogen) atoms. The molecule has 0 amide bonds. The number of aryl methyl sites for hydroxylation is 1. The van der Waals surface area contributed by atoms with Crippen LogP contribution < -0.4 is 5.73 Å². The summed E-state index contributed by atoms with van der Waals surface area (Å²) in [6.07, 6.45) is 0. The molecule has 5 heteroatoms. The van der Waals surface area contributed by atoms with Crippen molar-refractivity contribution in [1.82, 2.24) is 9.78 Å². The third-order valence-electron chi connectivity index (χ3n) is 2.52. The number of rotatable bonds is 1. The average Bonchev–Trinajstić information content (AvgIpc) is 2.46. The quantitative estimate of drug-likeness (QED) is 0.832. The minimum atomic E-state index is -0.395. The van der Waals surface area contributed by atoms with Crippen LogP contribution in [0.5, 0.6) is 0 Å². The molecule has 0 aliphatic rings. The second kappa shape index (κ2) is 3.79. The van der Waals surface area contributed by atoms with E-state index < -0.39 is 5.82 Å². The molecule has 1 heterocycles. The summed E-state index contributed by atoms with van der Waals surface area (Å²) in [6, 6.07) is 4.50. The lowest BCUT2D eigenvalue weighted by molar-refractivity contribution is 0.630. The van der Waals surface area contributed by atoms with Gasteiger partial charge in [0.1, 0.15) is 17.3 Å². The molecular formula is C11H11ClFN3. The highest BCUT2D eigenvalue weighted by atomic mass is 35.5. The van der Waals surface area contributed by atoms with Gasteiger partial charge in [-0.15, -0.1) is 0 Å². The largest absolute Gasteiger partial charge is 0.384 e. The number of nitrogens with two attached hydrogens (primary N) is 1. The normalized spacial score (nSPS) is 10.8. The number of nitrogen functional groups attached to an aromatic ring is 1. The van der Waals surface area contributed by atoms with Gasteiger partial charge in [-0.25, -0.2) is 4.39 Å². The predicted octanol–water partition coefficient (Wildman–Crippen LogP) is 2.77. The van der Waals surface area contributed by atoms with Crippen molar-refractivity contribution >= 4 is 17.4 Å². The molecule has 3 nitrogen and oxygen atoms in total. The Balaban J connectivity index is 2.63. The molecule has 1 aromatic carbocycles. The summed E-state index contributed by atoms with van der Waals surface area (Å²) in [5.41, 5.74) is 7.50. The summed E-state index contributed by atoms with van der Waals surface area (Å²) in [5, 5.41) is 4.54. The van der Waals surface area contributed by atoms with E-state index in [-0.39, 0.29) is 0 Å². The molecule has 0 unspecified atom stereocenters. The van der Waals surface area contributed by atoms with Crippen LogP contribution in [0.3, 0.4) is 0 Å². The molecule has 2 N–H and O–H groups in total. The first-order valence-corrected chi connectivity index (χ1v) is 5.13. The van der Waals surface area contributed by atoms with Gasteiger partial charge in [0.2, 0.25) is 0 Å². The zero-order valence-electron chi connectivity index (χ0n) is 8.96. The fraction of sp³-hybridized carbons (Fsp3) is 0.182. The van der Waals surface area contributed by atoms with E-state index in [1.807, 2.05) is 6.92 Å². The van der Waals surface area contributed by atoms with Gasteiger partial charge in [-0.1, -0.05) is 11.6 Å². The van der Waals surface area contributed by atoms with Crippen LogP contribution in [0.1, 0.15) is 5.56 Å². The van der Waals surface area contributed by atoms with Gasteiger partial charge in [0.05, 0.1) is 0 Å². The minimum Gasteiger partial charge on any atom is -0.384 e. The molecule has 2 rings (SSSR count). The van der Waals surface area contributed by atoms with Crippen molar-refractivity contribution in [3.63, 3.8) is 0 Å². The lowest BCUT2D eigenvalue weighted by Crippen LogP contribution is -1.97. The molecule has 0 fully saturated rings. The third-order valence-corrected chi connectivity index (χ3v) is 2.76. The molecule has 2 aromatic rings. The lowest BCUT2D eigenvalue weighted by atomic mass is 10.1. The van der Waals surface area contributed by atoms with Crippen molar-refractivity contribution in [2.45, 2.75) is 6.92 Å². The molecule has 0 atom stereocenters. The molecule has 0 bridgehead atoms. The Morgan fingerprint density at radius 1 is 1.44 bits per heavy atom. The average molecular weight is 240 g/mol. The fourth-order valence-corrected chi connectivity index (χ4v) is 1.74. The van der Waals surface area contributed by atoms with Crippen molar-refractivity contribution in [2.24, 2.45) is 7.05 Å². The van der Waals surface area contributed by atoms with Crippen LogP contribution in [0.2, 0.25) is 5.02 Å². The van der Waals surface area contributed by atoms with Gasteiger partial charge in [0.15, 0.2) is 0 Å². The van der Waals surface area contributed by atoms with Crippen molar-refractivity contribution in [3.05, 3.63) is 34.6 Å². The Morgan fingerprint density at radius 3 is 2.62 bits per heavy atom. The zero-order chi connectivity index (χ0) is 11.9. The molecule has 84 valence electrons. The van der Waals surface area contributed by atoms with Crippen LogP contribution in [0.25, 0.3) is 11.3 Å². The lowest BCUT2D eigenvalue weighted by Gasteiger charge is -2.01. The number of hydrogen-bond acceptors (Lipinski definition) is 2. The minimum absolute atomic E-state index is 0.364. The highest BCUT2D eigenvalue weighted by Crippen LogP contribution is 2.29. The van der Waals surface area contributed by atoms with Gasteiger partial charge in [-0.3, -0.25) is 4.68 Å². The summed E-state index contributed by atoms with van der Waals surface area (Å²) in [4.78, 5) is 0. The topological polar surface area (TPSA) is 43.8 Å². The molecule has 0 saturated carbocycles. The number of benzene rings is 1. The predicted molar refractivity (Wildman–Crippen MR) is 62.8 cm³/mol. The Hall–Kier alpha value is -1.55. The van der Waals surface area contributed by atoms with Crippen LogP contribution in [0, 0.1) is 12.7 Å². The third kappa shape index (κ3) is 1.65. The van der Waals surface area contributed by atoms with Gasteiger partial charge in [-0.2, -0.15) is 5.10 Å². The van der Waals surface area contributed by atoms with E-state index in [0.29, 0.717) is 22.1 Å². The van der Waals surface area contributed by atoms with Gasteiger partial charge in [0, 0.05) is 23.2 Å². The van der Waals surface area contributed by atoms with Gasteiger partial charge >= 0.3 is 0 Å². The van der Waals surface area contributed by atoms with Crippen molar-refractivity contribution in [1.29, 1.82) is 0 Å². The van der Waals surface area contributed by atoms with E-state index in [1.165, 1.54) is 10.7 Å². The summed E-state index contributed by atoms with van der Waals surface area (Å²) < 4.78 is 15.2. The monoisotopic (exact) mass is 239 g/mol. The molecule has 0 aliphatic carbocycles. The first-order chi connectivity index (χ1) is 7.50. The van der Waals surface area contributed by atoms with Crippen LogP contribution in [-0.2, 0) is 7.05 Å². The first kappa shape index (κ1) is 11.0. The van der Waals surface area contributed by atoms with E-state index in [0.717, 1.165) is 5.56 Å². The number of anilines is 1. The summed E-state index contributed by atoms with van der Waals surface area (Å²) >= 11 is 5.69. The summed E-state index contributed by atoms with van der Waals surface area (Å²) in [6.45, 7) is 1.81. The van der Waals surface area contributed by atoms with Crippen molar-refractivity contribution in [2.75, 3.05) is 5.73 Å². The highest BCUT2D eigenvalue weighted by Gasteiger charge is 2.15. The Kier molecular flexibility index (Phi) is 2.59. The van der Waals surface area contributed by atoms with Crippen molar-refractivity contribution in [3.8, 4) is 11.3 Å². The van der Waals surface area contributed by atoms with Gasteiger partial charge in [-0.05, 0) is 25.1 Å². The van der Waals surface area contributed by atoms with Crippen LogP contribution in [0.15, 0.2) is 18.2 Å². The molecular weight excluding hydrogens is 229 g/mol. The number of aromatic nitrogens is 2. The smallest absolute Gasteiger partial charge is 0.134 e. The maximum atomic E-state index is 13.7. The maximum Gasteiger partial charge on any atom is 0.134 e. The van der Waals surface area contributed by atoms with E-state index in [9.17, 15) is 4.39 Å². The molecule has 1 aromatic heterocycles. The van der Waals surface area contributed by atoms with E-state index >= 15 is 0 Å². The van der Waals surface area contributed by atoms with Crippen LogP contribution in [-0.4, -0.2) is 9.78 Å². The standard InChI is InChI=1S/C11H11ClFN3/c1-6-10(15-16(2)11(6)14)8-4-3-7(12)5-9(8)13/h3-5H,14H2,1-2H3. The fourth-order valence-electron chi connectivity index (χ4n) is 1.58. The maximum absolute atomic E-state index is 13.7. The zero-order valence-corrected chi connectivity index (χ0v) is 9.72. The van der Waals surface area contributed by atoms with E-state index in [2.05, 4.69) is 5.10 Å². The van der Waals surface area contributed by atoms with Gasteiger partial charge in [0.25, 0.3) is 0 Å². The Morgan fingerprint density at radius 2 is 2.12 bits per heavy atom. The number of nitrogens with zero attached hydrogens (tertiary/aromatic N) is 2. The SMILES string of the molecule is Cc1c(-c2ccc(Cl)cc2F)nn(C)c1N. The summed E-state index contributed by atoms with van der Waals surface area (Å²) in [7, 11) is 1.72. The first-order valence-electron chi connectivity index (χ1n) is 4.75.